The van der Waals surface area contributed by atoms with Gasteiger partial charge in [-0.2, -0.15) is 13.5 Å². The largest absolute Gasteiger partial charge is 0.490 e. The highest BCUT2D eigenvalue weighted by Crippen LogP contribution is 2.30. The van der Waals surface area contributed by atoms with Crippen LogP contribution in [-0.2, 0) is 10.1 Å². The fourth-order valence-corrected chi connectivity index (χ4v) is 3.48. The van der Waals surface area contributed by atoms with Gasteiger partial charge in [0.25, 0.3) is 5.91 Å². The third-order valence-electron chi connectivity index (χ3n) is 3.91. The van der Waals surface area contributed by atoms with Gasteiger partial charge in [0.1, 0.15) is 4.90 Å². The van der Waals surface area contributed by atoms with Crippen LogP contribution in [0.2, 0.25) is 0 Å². The molecule has 1 N–H and O–H groups in total. The molecule has 0 unspecified atom stereocenters. The zero-order valence-corrected chi connectivity index (χ0v) is 17.0. The van der Waals surface area contributed by atoms with Gasteiger partial charge in [-0.25, -0.2) is 5.43 Å². The molecule has 0 spiro atoms. The van der Waals surface area contributed by atoms with Gasteiger partial charge in [-0.15, -0.1) is 0 Å². The summed E-state index contributed by atoms with van der Waals surface area (Å²) in [5.41, 5.74) is 3.52. The first-order chi connectivity index (χ1) is 14.5. The summed E-state index contributed by atoms with van der Waals surface area (Å²) in [6, 6.07) is 21.2. The van der Waals surface area contributed by atoms with Crippen molar-refractivity contribution in [1.82, 2.24) is 5.43 Å². The number of carbonyl (C=O) groups excluding carboxylic acids is 1. The fourth-order valence-electron chi connectivity index (χ4n) is 2.52. The molecule has 154 valence electrons. The number of hydrogen-bond donors (Lipinski definition) is 1. The zero-order valence-electron chi connectivity index (χ0n) is 16.2. The highest BCUT2D eigenvalue weighted by molar-refractivity contribution is 7.87. The summed E-state index contributed by atoms with van der Waals surface area (Å²) >= 11 is 0. The number of carbonyl (C=O) groups is 1. The molecule has 0 aliphatic heterocycles. The second-order valence-electron chi connectivity index (χ2n) is 6.05. The number of hydrazone groups is 1. The van der Waals surface area contributed by atoms with Gasteiger partial charge in [-0.3, -0.25) is 4.79 Å². The molecule has 0 saturated carbocycles. The highest BCUT2D eigenvalue weighted by atomic mass is 32.2. The summed E-state index contributed by atoms with van der Waals surface area (Å²) in [4.78, 5) is 12.1. The van der Waals surface area contributed by atoms with E-state index in [1.165, 1.54) is 24.4 Å². The lowest BCUT2D eigenvalue weighted by molar-refractivity contribution is 0.0955. The Morgan fingerprint density at radius 2 is 1.63 bits per heavy atom. The van der Waals surface area contributed by atoms with E-state index in [-0.39, 0.29) is 22.3 Å². The second kappa shape index (κ2) is 9.71. The van der Waals surface area contributed by atoms with E-state index in [9.17, 15) is 13.2 Å². The molecule has 0 bridgehead atoms. The smallest absolute Gasteiger partial charge is 0.339 e. The van der Waals surface area contributed by atoms with Crippen LogP contribution in [0.1, 0.15) is 22.8 Å². The molecule has 3 aromatic carbocycles. The van der Waals surface area contributed by atoms with Gasteiger partial charge in [0.15, 0.2) is 11.5 Å². The lowest BCUT2D eigenvalue weighted by Gasteiger charge is -2.12. The Labute approximate surface area is 175 Å². The Kier molecular flexibility index (Phi) is 6.82. The van der Waals surface area contributed by atoms with Crippen molar-refractivity contribution in [1.29, 1.82) is 0 Å². The molecule has 0 saturated heterocycles. The maximum absolute atomic E-state index is 12.5. The van der Waals surface area contributed by atoms with Crippen LogP contribution in [0.4, 0.5) is 0 Å². The van der Waals surface area contributed by atoms with Crippen LogP contribution in [0.15, 0.2) is 88.9 Å². The number of benzene rings is 3. The van der Waals surface area contributed by atoms with Crippen LogP contribution in [0.25, 0.3) is 0 Å². The van der Waals surface area contributed by atoms with Crippen molar-refractivity contribution in [3.05, 3.63) is 90.0 Å². The number of rotatable bonds is 8. The lowest BCUT2D eigenvalue weighted by atomic mass is 10.2. The molecule has 0 aliphatic carbocycles. The number of ether oxygens (including phenoxy) is 1. The molecule has 0 atom stereocenters. The minimum absolute atomic E-state index is 0.0433. The molecule has 1 amide bonds. The Hall–Kier alpha value is -3.65. The van der Waals surface area contributed by atoms with Crippen LogP contribution >= 0.6 is 0 Å². The van der Waals surface area contributed by atoms with Crippen molar-refractivity contribution >= 4 is 22.2 Å². The van der Waals surface area contributed by atoms with Crippen molar-refractivity contribution in [2.24, 2.45) is 5.10 Å². The van der Waals surface area contributed by atoms with Crippen LogP contribution in [0.5, 0.6) is 11.5 Å². The third kappa shape index (κ3) is 5.45. The first-order valence-electron chi connectivity index (χ1n) is 9.14. The van der Waals surface area contributed by atoms with Crippen molar-refractivity contribution in [3.63, 3.8) is 0 Å². The molecular formula is C22H20N2O5S. The average Bonchev–Trinajstić information content (AvgIpc) is 2.76. The van der Waals surface area contributed by atoms with Crippen molar-refractivity contribution in [3.8, 4) is 11.5 Å². The Morgan fingerprint density at radius 1 is 0.967 bits per heavy atom. The highest BCUT2D eigenvalue weighted by Gasteiger charge is 2.19. The SMILES string of the molecule is CCOc1cc(/C=N/NC(=O)c2ccccc2)ccc1OS(=O)(=O)c1ccccc1. The third-order valence-corrected chi connectivity index (χ3v) is 5.16. The van der Waals surface area contributed by atoms with E-state index in [0.717, 1.165) is 0 Å². The van der Waals surface area contributed by atoms with Crippen molar-refractivity contribution < 1.29 is 22.1 Å². The Balaban J connectivity index is 1.75. The summed E-state index contributed by atoms with van der Waals surface area (Å²) in [6.45, 7) is 2.09. The molecule has 0 aliphatic rings. The molecule has 0 aromatic heterocycles. The normalized spacial score (nSPS) is 11.2. The Morgan fingerprint density at radius 3 is 2.30 bits per heavy atom. The van der Waals surface area contributed by atoms with Crippen LogP contribution in [0.3, 0.4) is 0 Å². The van der Waals surface area contributed by atoms with Crippen LogP contribution < -0.4 is 14.3 Å². The van der Waals surface area contributed by atoms with Gasteiger partial charge in [0.2, 0.25) is 0 Å². The Bertz CT molecular complexity index is 1130. The van der Waals surface area contributed by atoms with E-state index in [0.29, 0.717) is 17.7 Å². The van der Waals surface area contributed by atoms with E-state index in [4.69, 9.17) is 8.92 Å². The molecule has 3 rings (SSSR count). The van der Waals surface area contributed by atoms with Gasteiger partial charge < -0.3 is 8.92 Å². The molecule has 0 heterocycles. The van der Waals surface area contributed by atoms with E-state index >= 15 is 0 Å². The van der Waals surface area contributed by atoms with Gasteiger partial charge >= 0.3 is 10.1 Å². The number of hydrogen-bond acceptors (Lipinski definition) is 6. The number of nitrogens with zero attached hydrogens (tertiary/aromatic N) is 1. The molecule has 8 heteroatoms. The maximum atomic E-state index is 12.5. The van der Waals surface area contributed by atoms with Crippen molar-refractivity contribution in [2.45, 2.75) is 11.8 Å². The predicted molar refractivity (Wildman–Crippen MR) is 113 cm³/mol. The van der Waals surface area contributed by atoms with E-state index in [2.05, 4.69) is 10.5 Å². The first-order valence-corrected chi connectivity index (χ1v) is 10.6. The van der Waals surface area contributed by atoms with Crippen LogP contribution in [0, 0.1) is 0 Å². The zero-order chi connectivity index (χ0) is 21.4. The molecule has 0 radical (unpaired) electrons. The molecule has 7 nitrogen and oxygen atoms in total. The fraction of sp³-hybridized carbons (Fsp3) is 0.0909. The molecule has 3 aromatic rings. The quantitative estimate of drug-likeness (QED) is 0.339. The van der Waals surface area contributed by atoms with Crippen molar-refractivity contribution in [2.75, 3.05) is 6.61 Å². The second-order valence-corrected chi connectivity index (χ2v) is 7.60. The van der Waals surface area contributed by atoms with E-state index in [1.807, 2.05) is 6.07 Å². The van der Waals surface area contributed by atoms with Gasteiger partial charge in [-0.1, -0.05) is 36.4 Å². The average molecular weight is 424 g/mol. The van der Waals surface area contributed by atoms with Gasteiger partial charge in [0.05, 0.1) is 12.8 Å². The number of nitrogens with one attached hydrogen (secondary N) is 1. The standard InChI is InChI=1S/C22H20N2O5S/c1-2-28-21-15-17(16-23-24-22(25)18-9-5-3-6-10-18)13-14-20(21)29-30(26,27)19-11-7-4-8-12-19/h3-16H,2H2,1H3,(H,24,25)/b23-16+. The molecule has 0 fully saturated rings. The maximum Gasteiger partial charge on any atom is 0.339 e. The minimum Gasteiger partial charge on any atom is -0.490 e. The number of amides is 1. The summed E-state index contributed by atoms with van der Waals surface area (Å²) < 4.78 is 35.7. The lowest BCUT2D eigenvalue weighted by Crippen LogP contribution is -2.17. The molecule has 30 heavy (non-hydrogen) atoms. The van der Waals surface area contributed by atoms with Gasteiger partial charge in [-0.05, 0) is 55.0 Å². The summed E-state index contributed by atoms with van der Waals surface area (Å²) in [7, 11) is -4.00. The topological polar surface area (TPSA) is 94.1 Å². The minimum atomic E-state index is -4.00. The summed E-state index contributed by atoms with van der Waals surface area (Å²) in [5.74, 6) is -0.0349. The summed E-state index contributed by atoms with van der Waals surface area (Å²) in [6.07, 6.45) is 1.43. The van der Waals surface area contributed by atoms with Gasteiger partial charge in [0, 0.05) is 5.56 Å². The van der Waals surface area contributed by atoms with E-state index < -0.39 is 10.1 Å². The predicted octanol–water partition coefficient (Wildman–Crippen LogP) is 3.62. The first kappa shape index (κ1) is 21.1. The summed E-state index contributed by atoms with van der Waals surface area (Å²) in [5, 5.41) is 3.93. The monoisotopic (exact) mass is 424 g/mol. The molecular weight excluding hydrogens is 404 g/mol. The van der Waals surface area contributed by atoms with E-state index in [1.54, 1.807) is 61.5 Å². The van der Waals surface area contributed by atoms with Crippen LogP contribution in [-0.4, -0.2) is 27.1 Å².